The fourth-order valence-electron chi connectivity index (χ4n) is 5.05. The number of pyridine rings is 1. The summed E-state index contributed by atoms with van der Waals surface area (Å²) in [7, 11) is -2.63. The van der Waals surface area contributed by atoms with Crippen LogP contribution < -0.4 is 31.6 Å². The monoisotopic (exact) mass is 692 g/mol. The van der Waals surface area contributed by atoms with Crippen molar-refractivity contribution in [3.8, 4) is 5.69 Å². The van der Waals surface area contributed by atoms with Crippen molar-refractivity contribution < 1.29 is 17.6 Å². The van der Waals surface area contributed by atoms with E-state index < -0.39 is 38.7 Å². The molecule has 2 aliphatic rings. The summed E-state index contributed by atoms with van der Waals surface area (Å²) in [6.07, 6.45) is 1.21. The van der Waals surface area contributed by atoms with E-state index in [0.29, 0.717) is 16.4 Å². The predicted molar refractivity (Wildman–Crippen MR) is 158 cm³/mol. The number of fused-ring (bicyclic) bond motifs is 2. The summed E-state index contributed by atoms with van der Waals surface area (Å²) in [6.45, 7) is 1.25. The van der Waals surface area contributed by atoms with E-state index in [1.165, 1.54) is 53.4 Å². The summed E-state index contributed by atoms with van der Waals surface area (Å²) in [5, 5.41) is 2.91. The molecule has 3 N–H and O–H groups in total. The van der Waals surface area contributed by atoms with E-state index >= 15 is 0 Å². The second-order valence-corrected chi connectivity index (χ2v) is 12.7. The number of anilines is 2. The van der Waals surface area contributed by atoms with Crippen LogP contribution in [0.4, 0.5) is 15.9 Å². The van der Waals surface area contributed by atoms with Gasteiger partial charge in [-0.3, -0.25) is 28.1 Å². The first kappa shape index (κ1) is 27.3. The average molecular weight is 692 g/mol. The van der Waals surface area contributed by atoms with Crippen LogP contribution in [0.25, 0.3) is 16.6 Å². The Labute approximate surface area is 245 Å². The molecule has 1 aliphatic heterocycles. The zero-order valence-corrected chi connectivity index (χ0v) is 24.6. The second kappa shape index (κ2) is 9.63. The second-order valence-electron chi connectivity index (χ2n) is 9.93. The van der Waals surface area contributed by atoms with E-state index in [0.717, 1.165) is 4.57 Å². The van der Waals surface area contributed by atoms with E-state index in [4.69, 9.17) is 0 Å². The van der Waals surface area contributed by atoms with Gasteiger partial charge in [0, 0.05) is 34.3 Å². The minimum atomic E-state index is -4.08. The lowest BCUT2D eigenvalue weighted by molar-refractivity contribution is 0.0981. The van der Waals surface area contributed by atoms with E-state index in [2.05, 4.69) is 10.0 Å². The Morgan fingerprint density at radius 1 is 1.05 bits per heavy atom. The van der Waals surface area contributed by atoms with Crippen LogP contribution >= 0.6 is 22.6 Å². The van der Waals surface area contributed by atoms with E-state index in [-0.39, 0.29) is 57.4 Å². The first-order chi connectivity index (χ1) is 19.4. The molecule has 0 saturated heterocycles. The summed E-state index contributed by atoms with van der Waals surface area (Å²) < 4.78 is 47.3. The number of aryl methyl sites for hydroxylation is 1. The third kappa shape index (κ3) is 4.57. The van der Waals surface area contributed by atoms with Crippen molar-refractivity contribution in [2.24, 2.45) is 7.05 Å². The highest BCUT2D eigenvalue weighted by molar-refractivity contribution is 14.1. The van der Waals surface area contributed by atoms with Crippen LogP contribution in [0.15, 0.2) is 50.8 Å². The lowest BCUT2D eigenvalue weighted by atomic mass is 10.1. The molecule has 2 aromatic heterocycles. The topological polar surface area (TPSA) is 153 Å². The van der Waals surface area contributed by atoms with Gasteiger partial charge in [-0.15, -0.1) is 0 Å². The fourth-order valence-corrected chi connectivity index (χ4v) is 6.27. The number of halogens is 2. The van der Waals surface area contributed by atoms with Crippen molar-refractivity contribution in [3.63, 3.8) is 0 Å². The molecule has 2 aromatic carbocycles. The summed E-state index contributed by atoms with van der Waals surface area (Å²) in [4.78, 5) is 53.8. The Morgan fingerprint density at radius 2 is 1.78 bits per heavy atom. The molecule has 212 valence electrons. The van der Waals surface area contributed by atoms with Gasteiger partial charge in [0.05, 0.1) is 16.9 Å². The molecule has 1 aliphatic carbocycles. The molecule has 6 rings (SSSR count). The molecule has 1 saturated carbocycles. The molecular formula is C26H22FIN6O6S. The highest BCUT2D eigenvalue weighted by Gasteiger charge is 2.32. The number of rotatable bonds is 4. The summed E-state index contributed by atoms with van der Waals surface area (Å²) >= 11 is 1.96. The summed E-state index contributed by atoms with van der Waals surface area (Å²) in [5.74, 6) is -1.43. The van der Waals surface area contributed by atoms with Crippen LogP contribution in [0.3, 0.4) is 0 Å². The van der Waals surface area contributed by atoms with E-state index in [9.17, 15) is 32.0 Å². The number of nitrogens with zero attached hydrogens (tertiary/aromatic N) is 3. The predicted octanol–water partition coefficient (Wildman–Crippen LogP) is 2.06. The van der Waals surface area contributed by atoms with Gasteiger partial charge >= 0.3 is 15.9 Å². The SMILES string of the molecule is Cc1c(=O)n(C)c(Nc2ccc(I)cc2F)c2c(=O)n(C3CC3)c(=O)n(-c3ccc4c(c3)CNS(=O)(=O)NC4=O)c12. The summed E-state index contributed by atoms with van der Waals surface area (Å²) in [5.41, 5.74) is -1.11. The van der Waals surface area contributed by atoms with Gasteiger partial charge in [0.2, 0.25) is 0 Å². The molecule has 0 bridgehead atoms. The molecular weight excluding hydrogens is 670 g/mol. The van der Waals surface area contributed by atoms with Gasteiger partial charge in [-0.05, 0) is 84.3 Å². The number of nitrogens with one attached hydrogen (secondary N) is 3. The van der Waals surface area contributed by atoms with E-state index in [1.807, 2.05) is 27.3 Å². The van der Waals surface area contributed by atoms with Gasteiger partial charge in [-0.2, -0.15) is 13.1 Å². The van der Waals surface area contributed by atoms with Gasteiger partial charge in [0.15, 0.2) is 0 Å². The quantitative estimate of drug-likeness (QED) is 0.277. The largest absolute Gasteiger partial charge is 0.338 e. The van der Waals surface area contributed by atoms with Crippen molar-refractivity contribution in [2.45, 2.75) is 32.4 Å². The van der Waals surface area contributed by atoms with Crippen LogP contribution in [0.5, 0.6) is 0 Å². The number of carbonyl (C=O) groups excluding carboxylic acids is 1. The standard InChI is InChI=1S/C26H22FIN6O6S/c1-12-21-20(22(32(2)24(12)36)30-19-8-3-14(28)10-18(19)27)25(37)34(15-4-5-15)26(38)33(21)16-6-7-17-13(9-16)11-29-41(39,40)31-23(17)35/h3,6-10,15,29-30H,4-5,11H2,1-2H3,(H,31,35). The van der Waals surface area contributed by atoms with Gasteiger partial charge < -0.3 is 5.32 Å². The zero-order chi connectivity index (χ0) is 29.4. The molecule has 0 atom stereocenters. The van der Waals surface area contributed by atoms with Gasteiger partial charge in [-0.25, -0.2) is 13.9 Å². The Kier molecular flexibility index (Phi) is 6.42. The molecule has 15 heteroatoms. The fraction of sp³-hybridized carbons (Fsp3) is 0.231. The maximum Gasteiger partial charge on any atom is 0.336 e. The first-order valence-corrected chi connectivity index (χ1v) is 15.0. The number of aromatic nitrogens is 3. The highest BCUT2D eigenvalue weighted by atomic mass is 127. The Bertz CT molecular complexity index is 2120. The molecule has 12 nitrogen and oxygen atoms in total. The lowest BCUT2D eigenvalue weighted by Gasteiger charge is -2.21. The molecule has 0 radical (unpaired) electrons. The molecule has 0 unspecified atom stereocenters. The average Bonchev–Trinajstić information content (AvgIpc) is 3.75. The number of benzene rings is 2. The number of hydrogen-bond acceptors (Lipinski definition) is 7. The third-order valence-electron chi connectivity index (χ3n) is 7.21. The number of amides is 1. The Balaban J connectivity index is 1.69. The lowest BCUT2D eigenvalue weighted by Crippen LogP contribution is -2.41. The zero-order valence-electron chi connectivity index (χ0n) is 21.6. The van der Waals surface area contributed by atoms with Crippen molar-refractivity contribution in [1.82, 2.24) is 23.1 Å². The van der Waals surface area contributed by atoms with Crippen LogP contribution in [-0.2, 0) is 23.8 Å². The maximum absolute atomic E-state index is 14.9. The minimum Gasteiger partial charge on any atom is -0.338 e. The smallest absolute Gasteiger partial charge is 0.336 e. The van der Waals surface area contributed by atoms with Gasteiger partial charge in [0.25, 0.3) is 17.0 Å². The molecule has 0 spiro atoms. The minimum absolute atomic E-state index is 0.00226. The molecule has 3 heterocycles. The van der Waals surface area contributed by atoms with Gasteiger partial charge in [0.1, 0.15) is 17.0 Å². The van der Waals surface area contributed by atoms with Crippen LogP contribution in [0.1, 0.15) is 40.4 Å². The van der Waals surface area contributed by atoms with Crippen molar-refractivity contribution in [1.29, 1.82) is 0 Å². The molecule has 41 heavy (non-hydrogen) atoms. The molecule has 1 amide bonds. The van der Waals surface area contributed by atoms with E-state index in [1.54, 1.807) is 6.07 Å². The highest BCUT2D eigenvalue weighted by Crippen LogP contribution is 2.34. The van der Waals surface area contributed by atoms with Crippen molar-refractivity contribution in [3.05, 3.63) is 93.7 Å². The molecule has 4 aromatic rings. The number of hydrogen-bond donors (Lipinski definition) is 3. The Morgan fingerprint density at radius 3 is 2.46 bits per heavy atom. The summed E-state index contributed by atoms with van der Waals surface area (Å²) in [6, 6.07) is 8.39. The van der Waals surface area contributed by atoms with Crippen LogP contribution in [0, 0.1) is 16.3 Å². The number of carbonyl (C=O) groups is 1. The third-order valence-corrected chi connectivity index (χ3v) is 8.86. The Hall–Kier alpha value is -3.83. The maximum atomic E-state index is 14.9. The van der Waals surface area contributed by atoms with Crippen LogP contribution in [-0.4, -0.2) is 28.0 Å². The van der Waals surface area contributed by atoms with Crippen molar-refractivity contribution in [2.75, 3.05) is 5.32 Å². The van der Waals surface area contributed by atoms with Crippen molar-refractivity contribution >= 4 is 61.1 Å². The normalized spacial score (nSPS) is 16.2. The van der Waals surface area contributed by atoms with Gasteiger partial charge in [-0.1, -0.05) is 0 Å². The molecule has 1 fully saturated rings. The first-order valence-electron chi connectivity index (χ1n) is 12.5. The van der Waals surface area contributed by atoms with Crippen LogP contribution in [0.2, 0.25) is 0 Å².